The number of nitrogens with zero attached hydrogens (tertiary/aromatic N) is 1. The van der Waals surface area contributed by atoms with E-state index in [0.29, 0.717) is 40.8 Å². The van der Waals surface area contributed by atoms with Crippen LogP contribution in [0.2, 0.25) is 10.0 Å². The molecule has 0 saturated heterocycles. The van der Waals surface area contributed by atoms with Gasteiger partial charge in [0.25, 0.3) is 0 Å². The minimum absolute atomic E-state index is 0.0418. The normalized spacial score (nSPS) is 18.1. The molecule has 0 spiro atoms. The van der Waals surface area contributed by atoms with Crippen LogP contribution in [0.25, 0.3) is 0 Å². The minimum Gasteiger partial charge on any atom is -0.493 e. The molecule has 2 aromatic carbocycles. The summed E-state index contributed by atoms with van der Waals surface area (Å²) in [4.78, 5) is 4.66. The third-order valence-electron chi connectivity index (χ3n) is 7.33. The maximum absolute atomic E-state index is 14.1. The number of halogens is 5. The van der Waals surface area contributed by atoms with Crippen molar-refractivity contribution < 1.29 is 31.7 Å². The molecule has 1 aliphatic heterocycles. The highest BCUT2D eigenvalue weighted by molar-refractivity contribution is 7.62. The summed E-state index contributed by atoms with van der Waals surface area (Å²) in [5, 5.41) is -0.347. The van der Waals surface area contributed by atoms with Gasteiger partial charge in [0.1, 0.15) is 17.9 Å². The van der Waals surface area contributed by atoms with Crippen LogP contribution >= 0.6 is 30.6 Å². The maximum Gasteiger partial charge on any atom is 0.419 e. The summed E-state index contributed by atoms with van der Waals surface area (Å²) in [5.74, 6) is 0.245. The second-order valence-corrected chi connectivity index (χ2v) is 17.6. The molecule has 42 heavy (non-hydrogen) atoms. The number of aryl methyl sites for hydroxylation is 2. The van der Waals surface area contributed by atoms with E-state index in [-0.39, 0.29) is 32.0 Å². The lowest BCUT2D eigenvalue weighted by atomic mass is 9.93. The Morgan fingerprint density at radius 2 is 1.69 bits per heavy atom. The van der Waals surface area contributed by atoms with Gasteiger partial charge in [-0.1, -0.05) is 82.9 Å². The number of rotatable bonds is 11. The van der Waals surface area contributed by atoms with Crippen LogP contribution in [0.1, 0.15) is 78.0 Å². The van der Waals surface area contributed by atoms with Crippen molar-refractivity contribution in [1.29, 1.82) is 0 Å². The largest absolute Gasteiger partial charge is 0.493 e. The van der Waals surface area contributed by atoms with E-state index in [0.717, 1.165) is 11.6 Å². The van der Waals surface area contributed by atoms with E-state index >= 15 is 0 Å². The topological polar surface area (TPSA) is 57.1 Å². The molecule has 0 fully saturated rings. The first-order chi connectivity index (χ1) is 19.3. The average Bonchev–Trinajstić information content (AvgIpc) is 3.25. The lowest BCUT2D eigenvalue weighted by Gasteiger charge is -2.41. The van der Waals surface area contributed by atoms with E-state index in [2.05, 4.69) is 4.99 Å². The second-order valence-electron chi connectivity index (χ2n) is 12.8. The summed E-state index contributed by atoms with van der Waals surface area (Å²) in [5.41, 5.74) is -0.397. The molecule has 234 valence electrons. The monoisotopic (exact) mass is 649 g/mol. The number of aliphatic imine (C=N–C) groups is 1. The number of benzene rings is 2. The second kappa shape index (κ2) is 13.1. The van der Waals surface area contributed by atoms with Gasteiger partial charge < -0.3 is 14.0 Å². The van der Waals surface area contributed by atoms with Gasteiger partial charge in [0.2, 0.25) is 7.37 Å². The lowest BCUT2D eigenvalue weighted by molar-refractivity contribution is -0.139. The maximum atomic E-state index is 14.1. The highest BCUT2D eigenvalue weighted by Gasteiger charge is 2.50. The van der Waals surface area contributed by atoms with Crippen LogP contribution in [0.4, 0.5) is 13.2 Å². The standard InChI is InChI=1S/C31H41Cl2F3NO4P/c1-21-37-30(19-40-21,20-41-42(38,28(2,3)4)29(5,6)7)16-15-22-13-14-26(24(18-22)31(34,35)36)39-17-9-11-23-10-8-12-25(32)27(23)33/h8,10,12-14,18H,9,11,15-17,19-20H2,1-7H3. The van der Waals surface area contributed by atoms with Crippen molar-refractivity contribution in [2.75, 3.05) is 19.8 Å². The molecular weight excluding hydrogens is 609 g/mol. The summed E-state index contributed by atoms with van der Waals surface area (Å²) in [7, 11) is -3.18. The zero-order valence-corrected chi connectivity index (χ0v) is 27.7. The molecule has 1 aliphatic rings. The summed E-state index contributed by atoms with van der Waals surface area (Å²) in [6.45, 7) is 13.4. The first-order valence-electron chi connectivity index (χ1n) is 14.0. The molecule has 3 rings (SSSR count). The van der Waals surface area contributed by atoms with Crippen molar-refractivity contribution in [1.82, 2.24) is 0 Å². The van der Waals surface area contributed by atoms with Crippen molar-refractivity contribution in [3.05, 3.63) is 63.1 Å². The molecule has 5 nitrogen and oxygen atoms in total. The molecule has 0 aromatic heterocycles. The van der Waals surface area contributed by atoms with E-state index in [1.54, 1.807) is 25.1 Å². The SMILES string of the molecule is CC1=NC(CCc2ccc(OCCCc3cccc(Cl)c3Cl)c(C(F)(F)F)c2)(COP(=O)(C(C)(C)C)C(C)(C)C)CO1. The molecule has 0 saturated carbocycles. The molecule has 2 aromatic rings. The van der Waals surface area contributed by atoms with Gasteiger partial charge in [-0.3, -0.25) is 4.57 Å². The van der Waals surface area contributed by atoms with Crippen molar-refractivity contribution in [3.8, 4) is 5.75 Å². The van der Waals surface area contributed by atoms with Gasteiger partial charge in [0.15, 0.2) is 5.90 Å². The van der Waals surface area contributed by atoms with Crippen molar-refractivity contribution >= 4 is 36.5 Å². The van der Waals surface area contributed by atoms with Crippen LogP contribution in [0, 0.1) is 0 Å². The van der Waals surface area contributed by atoms with E-state index < -0.39 is 35.0 Å². The Bertz CT molecular complexity index is 1320. The summed E-state index contributed by atoms with van der Waals surface area (Å²) < 4.78 is 73.6. The van der Waals surface area contributed by atoms with E-state index in [1.165, 1.54) is 6.07 Å². The van der Waals surface area contributed by atoms with Gasteiger partial charge in [0, 0.05) is 17.2 Å². The third-order valence-corrected chi connectivity index (χ3v) is 12.2. The quantitative estimate of drug-likeness (QED) is 0.179. The summed E-state index contributed by atoms with van der Waals surface area (Å²) in [6, 6.07) is 9.40. The first kappa shape index (κ1) is 34.8. The molecule has 1 unspecified atom stereocenters. The molecule has 11 heteroatoms. The third kappa shape index (κ3) is 8.25. The Morgan fingerprint density at radius 3 is 2.26 bits per heavy atom. The minimum atomic E-state index is -4.60. The molecule has 0 radical (unpaired) electrons. The molecule has 1 atom stereocenters. The fraction of sp³-hybridized carbons (Fsp3) is 0.581. The number of alkyl halides is 3. The Kier molecular flexibility index (Phi) is 10.8. The molecule has 0 bridgehead atoms. The van der Waals surface area contributed by atoms with Crippen LogP contribution in [0.15, 0.2) is 41.4 Å². The molecular formula is C31H41Cl2F3NO4P. The zero-order valence-electron chi connectivity index (χ0n) is 25.3. The van der Waals surface area contributed by atoms with Gasteiger partial charge in [-0.15, -0.1) is 0 Å². The van der Waals surface area contributed by atoms with Crippen LogP contribution in [-0.2, 0) is 32.8 Å². The Morgan fingerprint density at radius 1 is 1.02 bits per heavy atom. The summed E-state index contributed by atoms with van der Waals surface area (Å²) in [6.07, 6.45) is -2.97. The van der Waals surface area contributed by atoms with Gasteiger partial charge in [0.05, 0.1) is 28.8 Å². The summed E-state index contributed by atoms with van der Waals surface area (Å²) >= 11 is 12.3. The van der Waals surface area contributed by atoms with Gasteiger partial charge in [-0.05, 0) is 55.0 Å². The number of hydrogen-bond donors (Lipinski definition) is 0. The van der Waals surface area contributed by atoms with Crippen molar-refractivity contribution in [2.24, 2.45) is 4.99 Å². The molecule has 0 amide bonds. The number of hydrogen-bond acceptors (Lipinski definition) is 5. The average molecular weight is 651 g/mol. The number of ether oxygens (including phenoxy) is 2. The van der Waals surface area contributed by atoms with E-state index in [1.807, 2.05) is 47.6 Å². The van der Waals surface area contributed by atoms with Gasteiger partial charge in [-0.2, -0.15) is 13.2 Å². The molecule has 1 heterocycles. The molecule has 0 N–H and O–H groups in total. The van der Waals surface area contributed by atoms with E-state index in [4.69, 9.17) is 37.2 Å². The Hall–Kier alpha value is -1.73. The van der Waals surface area contributed by atoms with Gasteiger partial charge in [-0.25, -0.2) is 4.99 Å². The van der Waals surface area contributed by atoms with Crippen molar-refractivity contribution in [2.45, 2.75) is 96.2 Å². The van der Waals surface area contributed by atoms with Crippen LogP contribution in [0.3, 0.4) is 0 Å². The van der Waals surface area contributed by atoms with Crippen LogP contribution in [0.5, 0.6) is 5.75 Å². The fourth-order valence-corrected chi connectivity index (χ4v) is 8.78. The fourth-order valence-electron chi connectivity index (χ4n) is 5.16. The highest BCUT2D eigenvalue weighted by atomic mass is 35.5. The Balaban J connectivity index is 1.73. The van der Waals surface area contributed by atoms with E-state index in [9.17, 15) is 17.7 Å². The first-order valence-corrected chi connectivity index (χ1v) is 16.4. The lowest BCUT2D eigenvalue weighted by Crippen LogP contribution is -2.38. The van der Waals surface area contributed by atoms with Crippen molar-refractivity contribution in [3.63, 3.8) is 0 Å². The molecule has 0 aliphatic carbocycles. The van der Waals surface area contributed by atoms with Crippen LogP contribution in [-0.4, -0.2) is 41.6 Å². The highest BCUT2D eigenvalue weighted by Crippen LogP contribution is 2.68. The zero-order chi connectivity index (χ0) is 31.6. The van der Waals surface area contributed by atoms with Crippen LogP contribution < -0.4 is 4.74 Å². The smallest absolute Gasteiger partial charge is 0.419 e. The van der Waals surface area contributed by atoms with Gasteiger partial charge >= 0.3 is 6.18 Å². The Labute approximate surface area is 257 Å². The predicted molar refractivity (Wildman–Crippen MR) is 165 cm³/mol. The predicted octanol–water partition coefficient (Wildman–Crippen LogP) is 10.0.